The van der Waals surface area contributed by atoms with Gasteiger partial charge in [0.2, 0.25) is 5.91 Å². The van der Waals surface area contributed by atoms with Crippen LogP contribution in [0, 0.1) is 0 Å². The first kappa shape index (κ1) is 25.7. The summed E-state index contributed by atoms with van der Waals surface area (Å²) in [5.74, 6) is 0.751. The lowest BCUT2D eigenvalue weighted by atomic mass is 10.1. The van der Waals surface area contributed by atoms with Gasteiger partial charge in [0.25, 0.3) is 0 Å². The van der Waals surface area contributed by atoms with Crippen LogP contribution in [0.4, 0.5) is 0 Å². The smallest absolute Gasteiger partial charge is 0.222 e. The summed E-state index contributed by atoms with van der Waals surface area (Å²) >= 11 is 0. The fourth-order valence-electron chi connectivity index (χ4n) is 3.21. The summed E-state index contributed by atoms with van der Waals surface area (Å²) in [6.07, 6.45) is 6.92. The quantitative estimate of drug-likeness (QED) is 0.256. The maximum Gasteiger partial charge on any atom is 0.222 e. The summed E-state index contributed by atoms with van der Waals surface area (Å²) in [6.45, 7) is 3.84. The molecule has 0 radical (unpaired) electrons. The molecule has 0 unspecified atom stereocenters. The van der Waals surface area contributed by atoms with Gasteiger partial charge in [-0.1, -0.05) is 25.0 Å². The average Bonchev–Trinajstić information content (AvgIpc) is 3.14. The third kappa shape index (κ3) is 9.79. The molecule has 2 rings (SSSR count). The molecule has 3 N–H and O–H groups in total. The summed E-state index contributed by atoms with van der Waals surface area (Å²) in [6, 6.07) is 7.27. The normalized spacial score (nSPS) is 14.9. The zero-order valence-electron chi connectivity index (χ0n) is 17.2. The van der Waals surface area contributed by atoms with E-state index in [-0.39, 0.29) is 29.9 Å². The summed E-state index contributed by atoms with van der Waals surface area (Å²) in [5, 5.41) is 9.49. The largest absolute Gasteiger partial charge is 0.357 e. The lowest BCUT2D eigenvalue weighted by molar-refractivity contribution is -0.121. The number of guanidine groups is 1. The first-order chi connectivity index (χ1) is 13.4. The molecule has 1 saturated carbocycles. The molecule has 1 aromatic carbocycles. The molecule has 164 valence electrons. The third-order valence-corrected chi connectivity index (χ3v) is 5.86. The highest BCUT2D eigenvalue weighted by atomic mass is 127. The molecule has 0 saturated heterocycles. The average molecular weight is 536 g/mol. The van der Waals surface area contributed by atoms with Crippen LogP contribution in [0.2, 0.25) is 0 Å². The molecule has 1 aromatic rings. The van der Waals surface area contributed by atoms with E-state index in [1.165, 1.54) is 19.1 Å². The van der Waals surface area contributed by atoms with Crippen molar-refractivity contribution in [1.29, 1.82) is 0 Å². The van der Waals surface area contributed by atoms with Crippen molar-refractivity contribution in [3.8, 4) is 0 Å². The molecule has 1 aliphatic carbocycles. The molecule has 7 nitrogen and oxygen atoms in total. The molecule has 1 fully saturated rings. The zero-order valence-corrected chi connectivity index (χ0v) is 20.4. The number of hydrogen-bond donors (Lipinski definition) is 3. The van der Waals surface area contributed by atoms with Gasteiger partial charge in [-0.25, -0.2) is 8.42 Å². The van der Waals surface area contributed by atoms with Crippen molar-refractivity contribution in [2.75, 3.05) is 25.9 Å². The number of rotatable bonds is 9. The molecule has 0 aromatic heterocycles. The Morgan fingerprint density at radius 1 is 1.14 bits per heavy atom. The number of carbonyl (C=O) groups is 1. The van der Waals surface area contributed by atoms with Crippen LogP contribution in [0.25, 0.3) is 0 Å². The molecule has 0 heterocycles. The fourth-order valence-corrected chi connectivity index (χ4v) is 3.84. The predicted molar refractivity (Wildman–Crippen MR) is 128 cm³/mol. The molecular formula is C20H33IN4O3S. The van der Waals surface area contributed by atoms with Crippen molar-refractivity contribution >= 4 is 45.7 Å². The SMILES string of the molecule is CCNC(=NCCC(=O)NC1CCCC1)NCCc1ccc(S(C)(=O)=O)cc1.I. The number of sulfone groups is 1. The lowest BCUT2D eigenvalue weighted by Crippen LogP contribution is -2.38. The van der Waals surface area contributed by atoms with Crippen molar-refractivity contribution < 1.29 is 13.2 Å². The van der Waals surface area contributed by atoms with E-state index in [0.29, 0.717) is 36.4 Å². The molecule has 29 heavy (non-hydrogen) atoms. The zero-order chi connectivity index (χ0) is 20.4. The number of amides is 1. The number of aliphatic imine (C=N–C) groups is 1. The second-order valence-corrected chi connectivity index (χ2v) is 9.17. The highest BCUT2D eigenvalue weighted by Gasteiger charge is 2.16. The van der Waals surface area contributed by atoms with Crippen LogP contribution in [0.3, 0.4) is 0 Å². The van der Waals surface area contributed by atoms with Gasteiger partial charge in [0.15, 0.2) is 15.8 Å². The van der Waals surface area contributed by atoms with Crippen LogP contribution >= 0.6 is 24.0 Å². The first-order valence-electron chi connectivity index (χ1n) is 9.99. The van der Waals surface area contributed by atoms with Gasteiger partial charge in [-0.15, -0.1) is 24.0 Å². The minimum absolute atomic E-state index is 0. The molecule has 9 heteroatoms. The Hall–Kier alpha value is -1.36. The standard InChI is InChI=1S/C20H32N4O3S.HI/c1-3-21-20(23-15-13-19(25)24-17-6-4-5-7-17)22-14-12-16-8-10-18(11-9-16)28(2,26)27;/h8-11,17H,3-7,12-15H2,1-2H3,(H,24,25)(H2,21,22,23);1H. The molecular weight excluding hydrogens is 503 g/mol. The number of hydrogen-bond acceptors (Lipinski definition) is 4. The molecule has 0 bridgehead atoms. The number of benzene rings is 1. The van der Waals surface area contributed by atoms with Crippen molar-refractivity contribution in [3.05, 3.63) is 29.8 Å². The Bertz CT molecular complexity index is 760. The lowest BCUT2D eigenvalue weighted by Gasteiger charge is -2.13. The van der Waals surface area contributed by atoms with Crippen LogP contribution in [0.15, 0.2) is 34.2 Å². The van der Waals surface area contributed by atoms with Gasteiger partial charge in [-0.3, -0.25) is 9.79 Å². The van der Waals surface area contributed by atoms with Crippen molar-refractivity contribution in [2.24, 2.45) is 4.99 Å². The van der Waals surface area contributed by atoms with E-state index in [4.69, 9.17) is 0 Å². The third-order valence-electron chi connectivity index (χ3n) is 4.73. The summed E-state index contributed by atoms with van der Waals surface area (Å²) in [7, 11) is -3.16. The second kappa shape index (κ2) is 13.0. The monoisotopic (exact) mass is 536 g/mol. The Labute approximate surface area is 191 Å². The van der Waals surface area contributed by atoms with Gasteiger partial charge >= 0.3 is 0 Å². The molecule has 0 spiro atoms. The Morgan fingerprint density at radius 2 is 1.79 bits per heavy atom. The summed E-state index contributed by atoms with van der Waals surface area (Å²) < 4.78 is 23.0. The fraction of sp³-hybridized carbons (Fsp3) is 0.600. The van der Waals surface area contributed by atoms with E-state index in [1.54, 1.807) is 12.1 Å². The van der Waals surface area contributed by atoms with Crippen molar-refractivity contribution in [3.63, 3.8) is 0 Å². The maximum atomic E-state index is 12.0. The predicted octanol–water partition coefficient (Wildman–Crippen LogP) is 2.25. The Morgan fingerprint density at radius 3 is 2.38 bits per heavy atom. The number of nitrogens with zero attached hydrogens (tertiary/aromatic N) is 1. The number of halogens is 1. The van der Waals surface area contributed by atoms with Crippen LogP contribution < -0.4 is 16.0 Å². The van der Waals surface area contributed by atoms with Gasteiger partial charge in [0.05, 0.1) is 11.4 Å². The molecule has 0 atom stereocenters. The number of carbonyl (C=O) groups excluding carboxylic acids is 1. The van der Waals surface area contributed by atoms with Crippen LogP contribution in [0.1, 0.15) is 44.6 Å². The Balaban J connectivity index is 0.00000420. The van der Waals surface area contributed by atoms with Gasteiger partial charge in [-0.2, -0.15) is 0 Å². The van der Waals surface area contributed by atoms with Gasteiger partial charge in [-0.05, 0) is 43.9 Å². The summed E-state index contributed by atoms with van der Waals surface area (Å²) in [5.41, 5.74) is 1.05. The van der Waals surface area contributed by atoms with E-state index >= 15 is 0 Å². The molecule has 1 aliphatic rings. The Kier molecular flexibility index (Phi) is 11.6. The van der Waals surface area contributed by atoms with Crippen LogP contribution in [-0.2, 0) is 21.1 Å². The van der Waals surface area contributed by atoms with E-state index in [1.807, 2.05) is 19.1 Å². The first-order valence-corrected chi connectivity index (χ1v) is 11.9. The maximum absolute atomic E-state index is 12.0. The second-order valence-electron chi connectivity index (χ2n) is 7.15. The van der Waals surface area contributed by atoms with Crippen molar-refractivity contribution in [1.82, 2.24) is 16.0 Å². The van der Waals surface area contributed by atoms with E-state index in [9.17, 15) is 13.2 Å². The topological polar surface area (TPSA) is 99.7 Å². The molecule has 1 amide bonds. The van der Waals surface area contributed by atoms with E-state index in [0.717, 1.165) is 31.4 Å². The van der Waals surface area contributed by atoms with Crippen LogP contribution in [-0.4, -0.2) is 52.2 Å². The van der Waals surface area contributed by atoms with Gasteiger partial charge in [0, 0.05) is 31.8 Å². The minimum Gasteiger partial charge on any atom is -0.357 e. The van der Waals surface area contributed by atoms with Gasteiger partial charge < -0.3 is 16.0 Å². The number of nitrogens with one attached hydrogen (secondary N) is 3. The van der Waals surface area contributed by atoms with Crippen LogP contribution in [0.5, 0.6) is 0 Å². The van der Waals surface area contributed by atoms with E-state index in [2.05, 4.69) is 20.9 Å². The minimum atomic E-state index is -3.16. The van der Waals surface area contributed by atoms with Gasteiger partial charge in [0.1, 0.15) is 0 Å². The van der Waals surface area contributed by atoms with Crippen molar-refractivity contribution in [2.45, 2.75) is 56.4 Å². The highest BCUT2D eigenvalue weighted by molar-refractivity contribution is 14.0. The highest BCUT2D eigenvalue weighted by Crippen LogP contribution is 2.17. The molecule has 0 aliphatic heterocycles. The van der Waals surface area contributed by atoms with E-state index < -0.39 is 9.84 Å². The summed E-state index contributed by atoms with van der Waals surface area (Å²) in [4.78, 5) is 16.8.